The molecule has 2 aromatic heterocycles. The Morgan fingerprint density at radius 2 is 1.88 bits per heavy atom. The van der Waals surface area contributed by atoms with Crippen molar-refractivity contribution >= 4 is 34.4 Å². The maximum Gasteiger partial charge on any atom is 0.195 e. The summed E-state index contributed by atoms with van der Waals surface area (Å²) in [5.74, 6) is 2.82. The highest BCUT2D eigenvalue weighted by molar-refractivity contribution is 6.30. The third-order valence-electron chi connectivity index (χ3n) is 5.50. The number of aromatic nitrogens is 4. The molecular formula is C25H26ClN5O3. The Labute approximate surface area is 203 Å². The molecule has 0 radical (unpaired) electrons. The van der Waals surface area contributed by atoms with Gasteiger partial charge in [0.05, 0.1) is 20.8 Å². The highest BCUT2D eigenvalue weighted by Gasteiger charge is 2.22. The smallest absolute Gasteiger partial charge is 0.195 e. The number of carbonyl (C=O) groups excluding carboxylic acids is 1. The summed E-state index contributed by atoms with van der Waals surface area (Å²) < 4.78 is 12.7. The van der Waals surface area contributed by atoms with Crippen molar-refractivity contribution in [2.75, 3.05) is 26.2 Å². The third-order valence-corrected chi connectivity index (χ3v) is 5.73. The van der Waals surface area contributed by atoms with Gasteiger partial charge in [0.15, 0.2) is 28.6 Å². The minimum absolute atomic E-state index is 0.150. The molecule has 4 aromatic rings. The summed E-state index contributed by atoms with van der Waals surface area (Å²) in [6.45, 7) is 4.25. The van der Waals surface area contributed by atoms with Crippen LogP contribution in [0, 0.1) is 6.92 Å². The predicted molar refractivity (Wildman–Crippen MR) is 132 cm³/mol. The molecule has 0 atom stereocenters. The SMILES string of the molecule is COc1ccc(CN(C)c2nc(C)nc3c2nc(C(C)=O)n3Cc2cccc(Cl)c2)c(OC)c1. The van der Waals surface area contributed by atoms with Crippen LogP contribution in [0.2, 0.25) is 5.02 Å². The molecule has 34 heavy (non-hydrogen) atoms. The van der Waals surface area contributed by atoms with Crippen LogP contribution in [0.1, 0.15) is 34.5 Å². The summed E-state index contributed by atoms with van der Waals surface area (Å²) in [6.07, 6.45) is 0. The van der Waals surface area contributed by atoms with Gasteiger partial charge < -0.3 is 18.9 Å². The number of nitrogens with zero attached hydrogens (tertiary/aromatic N) is 5. The van der Waals surface area contributed by atoms with Crippen LogP contribution in [0.25, 0.3) is 11.2 Å². The van der Waals surface area contributed by atoms with Crippen molar-refractivity contribution in [1.29, 1.82) is 0 Å². The van der Waals surface area contributed by atoms with E-state index in [4.69, 9.17) is 21.1 Å². The number of carbonyl (C=O) groups is 1. The van der Waals surface area contributed by atoms with Gasteiger partial charge in [0.2, 0.25) is 0 Å². The first-order valence-corrected chi connectivity index (χ1v) is 11.1. The van der Waals surface area contributed by atoms with Gasteiger partial charge in [0.25, 0.3) is 0 Å². The fourth-order valence-electron chi connectivity index (χ4n) is 3.91. The van der Waals surface area contributed by atoms with Gasteiger partial charge in [-0.05, 0) is 36.8 Å². The number of methoxy groups -OCH3 is 2. The summed E-state index contributed by atoms with van der Waals surface area (Å²) in [5.41, 5.74) is 3.07. The van der Waals surface area contributed by atoms with E-state index in [1.54, 1.807) is 14.2 Å². The molecule has 4 rings (SSSR count). The number of fused-ring (bicyclic) bond motifs is 1. The fourth-order valence-corrected chi connectivity index (χ4v) is 4.12. The molecule has 0 spiro atoms. The van der Waals surface area contributed by atoms with Gasteiger partial charge in [-0.25, -0.2) is 15.0 Å². The molecule has 0 N–H and O–H groups in total. The van der Waals surface area contributed by atoms with Crippen LogP contribution < -0.4 is 14.4 Å². The van der Waals surface area contributed by atoms with Crippen molar-refractivity contribution in [3.8, 4) is 11.5 Å². The summed E-state index contributed by atoms with van der Waals surface area (Å²) in [5, 5.41) is 0.631. The molecule has 0 unspecified atom stereocenters. The van der Waals surface area contributed by atoms with E-state index < -0.39 is 0 Å². The van der Waals surface area contributed by atoms with Crippen molar-refractivity contribution in [1.82, 2.24) is 19.5 Å². The van der Waals surface area contributed by atoms with Crippen LogP contribution in [-0.2, 0) is 13.1 Å². The van der Waals surface area contributed by atoms with Gasteiger partial charge in [-0.15, -0.1) is 0 Å². The minimum Gasteiger partial charge on any atom is -0.497 e. The zero-order valence-corrected chi connectivity index (χ0v) is 20.6. The van der Waals surface area contributed by atoms with Crippen LogP contribution in [0.15, 0.2) is 42.5 Å². The number of Topliss-reactive ketones (excluding diaryl/α,β-unsaturated/α-hetero) is 1. The third kappa shape index (κ3) is 4.68. The second-order valence-corrected chi connectivity index (χ2v) is 8.44. The number of imidazole rings is 1. The number of hydrogen-bond donors (Lipinski definition) is 0. The Bertz CT molecular complexity index is 1370. The van der Waals surface area contributed by atoms with E-state index in [0.29, 0.717) is 52.5 Å². The molecule has 9 heteroatoms. The first-order valence-electron chi connectivity index (χ1n) is 10.7. The Morgan fingerprint density at radius 1 is 1.09 bits per heavy atom. The number of anilines is 1. The van der Waals surface area contributed by atoms with E-state index >= 15 is 0 Å². The standard InChI is InChI=1S/C25H26ClN5O3/c1-15(32)23-29-22-24(30(3)14-18-9-10-20(33-4)12-21(18)34-5)27-16(2)28-25(22)31(23)13-17-7-6-8-19(26)11-17/h6-12H,13-14H2,1-5H3. The van der Waals surface area contributed by atoms with Gasteiger partial charge in [-0.2, -0.15) is 0 Å². The zero-order chi connectivity index (χ0) is 24.4. The van der Waals surface area contributed by atoms with Gasteiger partial charge in [-0.3, -0.25) is 4.79 Å². The van der Waals surface area contributed by atoms with Crippen molar-refractivity contribution in [2.45, 2.75) is 26.9 Å². The van der Waals surface area contributed by atoms with E-state index in [0.717, 1.165) is 16.9 Å². The molecule has 0 aliphatic heterocycles. The number of aryl methyl sites for hydroxylation is 1. The van der Waals surface area contributed by atoms with Crippen LogP contribution >= 0.6 is 11.6 Å². The number of hydrogen-bond acceptors (Lipinski definition) is 7. The summed E-state index contributed by atoms with van der Waals surface area (Å²) in [4.78, 5) is 28.4. The van der Waals surface area contributed by atoms with E-state index in [2.05, 4.69) is 15.0 Å². The van der Waals surface area contributed by atoms with Crippen molar-refractivity contribution in [2.24, 2.45) is 0 Å². The van der Waals surface area contributed by atoms with Crippen molar-refractivity contribution < 1.29 is 14.3 Å². The average Bonchev–Trinajstić information content (AvgIpc) is 3.17. The molecule has 0 bridgehead atoms. The Balaban J connectivity index is 1.79. The first-order chi connectivity index (χ1) is 16.3. The topological polar surface area (TPSA) is 82.4 Å². The molecule has 2 heterocycles. The maximum absolute atomic E-state index is 12.5. The van der Waals surface area contributed by atoms with E-state index in [9.17, 15) is 4.79 Å². The molecule has 8 nitrogen and oxygen atoms in total. The molecule has 0 aliphatic rings. The molecule has 0 aliphatic carbocycles. The molecule has 176 valence electrons. The monoisotopic (exact) mass is 479 g/mol. The summed E-state index contributed by atoms with van der Waals surface area (Å²) >= 11 is 6.18. The lowest BCUT2D eigenvalue weighted by Gasteiger charge is -2.20. The second-order valence-electron chi connectivity index (χ2n) is 8.01. The van der Waals surface area contributed by atoms with Gasteiger partial charge in [0, 0.05) is 37.2 Å². The molecular weight excluding hydrogens is 454 g/mol. The minimum atomic E-state index is -0.150. The largest absolute Gasteiger partial charge is 0.497 e. The fraction of sp³-hybridized carbons (Fsp3) is 0.280. The Hall–Kier alpha value is -3.65. The highest BCUT2D eigenvalue weighted by Crippen LogP contribution is 2.30. The Morgan fingerprint density at radius 3 is 2.56 bits per heavy atom. The maximum atomic E-state index is 12.5. The number of ether oxygens (including phenoxy) is 2. The predicted octanol–water partition coefficient (Wildman–Crippen LogP) is 4.69. The van der Waals surface area contributed by atoms with Crippen LogP contribution in [0.4, 0.5) is 5.82 Å². The number of ketones is 1. The summed E-state index contributed by atoms with van der Waals surface area (Å²) in [7, 11) is 5.17. The van der Waals surface area contributed by atoms with E-state index in [-0.39, 0.29) is 5.78 Å². The summed E-state index contributed by atoms with van der Waals surface area (Å²) in [6, 6.07) is 13.2. The molecule has 0 amide bonds. The normalized spacial score (nSPS) is 11.0. The van der Waals surface area contributed by atoms with Crippen LogP contribution in [0.3, 0.4) is 0 Å². The average molecular weight is 480 g/mol. The molecule has 0 saturated heterocycles. The lowest BCUT2D eigenvalue weighted by atomic mass is 10.1. The second kappa shape index (κ2) is 9.69. The first kappa shape index (κ1) is 23.5. The molecule has 0 fully saturated rings. The van der Waals surface area contributed by atoms with Gasteiger partial charge in [0.1, 0.15) is 17.3 Å². The lowest BCUT2D eigenvalue weighted by Crippen LogP contribution is -2.19. The van der Waals surface area contributed by atoms with Crippen molar-refractivity contribution in [3.63, 3.8) is 0 Å². The van der Waals surface area contributed by atoms with Gasteiger partial charge >= 0.3 is 0 Å². The molecule has 0 saturated carbocycles. The quantitative estimate of drug-likeness (QED) is 0.339. The zero-order valence-electron chi connectivity index (χ0n) is 19.8. The number of benzene rings is 2. The van der Waals surface area contributed by atoms with Crippen molar-refractivity contribution in [3.05, 3.63) is 70.3 Å². The van der Waals surface area contributed by atoms with E-state index in [1.165, 1.54) is 6.92 Å². The molecule has 2 aromatic carbocycles. The van der Waals surface area contributed by atoms with Crippen LogP contribution in [-0.4, -0.2) is 46.6 Å². The highest BCUT2D eigenvalue weighted by atomic mass is 35.5. The lowest BCUT2D eigenvalue weighted by molar-refractivity contribution is 0.100. The van der Waals surface area contributed by atoms with Crippen LogP contribution in [0.5, 0.6) is 11.5 Å². The Kier molecular flexibility index (Phi) is 6.70. The van der Waals surface area contributed by atoms with E-state index in [1.807, 2.05) is 65.9 Å². The number of rotatable bonds is 8. The van der Waals surface area contributed by atoms with Gasteiger partial charge in [-0.1, -0.05) is 23.7 Å². The number of halogens is 1.